The Morgan fingerprint density at radius 2 is 1.74 bits per heavy atom. The maximum absolute atomic E-state index is 12.3. The normalized spacial score (nSPS) is 14.6. The largest absolute Gasteiger partial charge is 0.476 e. The van der Waals surface area contributed by atoms with Gasteiger partial charge in [0.1, 0.15) is 6.07 Å². The molecule has 0 heterocycles. The molecule has 1 atom stereocenters. The first kappa shape index (κ1) is 15.9. The van der Waals surface area contributed by atoms with Crippen molar-refractivity contribution < 1.29 is 18.1 Å². The molecule has 0 saturated carbocycles. The van der Waals surface area contributed by atoms with E-state index in [9.17, 15) is 9.83 Å². The Hall–Kier alpha value is -1.18. The van der Waals surface area contributed by atoms with Crippen LogP contribution < -0.4 is 0 Å². The predicted octanol–water partition coefficient (Wildman–Crippen LogP) is 3.62. The van der Waals surface area contributed by atoms with Crippen LogP contribution in [-0.2, 0) is 23.7 Å². The van der Waals surface area contributed by atoms with Crippen molar-refractivity contribution in [2.24, 2.45) is 0 Å². The fourth-order valence-corrected chi connectivity index (χ4v) is 2.93. The van der Waals surface area contributed by atoms with E-state index in [0.29, 0.717) is 5.56 Å². The molecule has 0 N–H and O–H groups in total. The molecular formula is C13H18NO4P. The molecule has 1 unspecified atom stereocenters. The Labute approximate surface area is 113 Å². The molecule has 6 heteroatoms. The maximum Gasteiger partial charge on any atom is 0.476 e. The number of rotatable bonds is 7. The van der Waals surface area contributed by atoms with E-state index in [1.165, 1.54) is 6.92 Å². The number of hydrogen-bond donors (Lipinski definition) is 0. The molecule has 0 bridgehead atoms. The van der Waals surface area contributed by atoms with Gasteiger partial charge in [-0.25, -0.2) is 4.57 Å². The van der Waals surface area contributed by atoms with Crippen LogP contribution in [0.25, 0.3) is 0 Å². The summed E-state index contributed by atoms with van der Waals surface area (Å²) in [6.07, 6.45) is 0. The van der Waals surface area contributed by atoms with Crippen LogP contribution in [-0.4, -0.2) is 13.2 Å². The molecule has 104 valence electrons. The van der Waals surface area contributed by atoms with Gasteiger partial charge in [0.2, 0.25) is 0 Å². The molecule has 1 aromatic rings. The zero-order valence-electron chi connectivity index (χ0n) is 11.3. The van der Waals surface area contributed by atoms with Crippen molar-refractivity contribution >= 4 is 7.82 Å². The minimum absolute atomic E-state index is 0.174. The summed E-state index contributed by atoms with van der Waals surface area (Å²) in [4.78, 5) is 0. The average molecular weight is 283 g/mol. The van der Waals surface area contributed by atoms with E-state index in [1.807, 2.05) is 12.1 Å². The molecular weight excluding hydrogens is 265 g/mol. The molecule has 0 radical (unpaired) electrons. The molecule has 19 heavy (non-hydrogen) atoms. The molecule has 0 fully saturated rings. The van der Waals surface area contributed by atoms with E-state index in [2.05, 4.69) is 0 Å². The fourth-order valence-electron chi connectivity index (χ4n) is 1.52. The lowest BCUT2D eigenvalue weighted by Gasteiger charge is -2.27. The van der Waals surface area contributed by atoms with E-state index in [4.69, 9.17) is 13.6 Å². The van der Waals surface area contributed by atoms with Gasteiger partial charge >= 0.3 is 7.82 Å². The quantitative estimate of drug-likeness (QED) is 0.715. The SMILES string of the molecule is CCOP(=O)(OCC)OC(C)(C#N)c1ccccc1. The summed E-state index contributed by atoms with van der Waals surface area (Å²) in [5, 5.41) is 9.33. The van der Waals surface area contributed by atoms with Crippen molar-refractivity contribution in [3.8, 4) is 6.07 Å². The summed E-state index contributed by atoms with van der Waals surface area (Å²) in [6, 6.07) is 10.9. The molecule has 0 spiro atoms. The van der Waals surface area contributed by atoms with Crippen molar-refractivity contribution in [1.29, 1.82) is 5.26 Å². The van der Waals surface area contributed by atoms with Gasteiger partial charge in [0.15, 0.2) is 5.60 Å². The monoisotopic (exact) mass is 283 g/mol. The topological polar surface area (TPSA) is 68.6 Å². The van der Waals surface area contributed by atoms with Crippen molar-refractivity contribution in [2.75, 3.05) is 13.2 Å². The highest BCUT2D eigenvalue weighted by Crippen LogP contribution is 2.54. The lowest BCUT2D eigenvalue weighted by atomic mass is 9.98. The summed E-state index contributed by atoms with van der Waals surface area (Å²) in [7, 11) is -3.75. The zero-order valence-corrected chi connectivity index (χ0v) is 12.2. The van der Waals surface area contributed by atoms with Crippen molar-refractivity contribution in [2.45, 2.75) is 26.4 Å². The summed E-state index contributed by atoms with van der Waals surface area (Å²) in [5.41, 5.74) is -0.793. The molecule has 0 amide bonds. The van der Waals surface area contributed by atoms with Crippen LogP contribution in [0, 0.1) is 11.3 Å². The van der Waals surface area contributed by atoms with Gasteiger partial charge in [-0.2, -0.15) is 5.26 Å². The lowest BCUT2D eigenvalue weighted by molar-refractivity contribution is 0.0555. The van der Waals surface area contributed by atoms with Crippen LogP contribution in [0.5, 0.6) is 0 Å². The van der Waals surface area contributed by atoms with Gasteiger partial charge in [-0.1, -0.05) is 30.3 Å². The minimum Gasteiger partial charge on any atom is -0.287 e. The van der Waals surface area contributed by atoms with Gasteiger partial charge < -0.3 is 0 Å². The van der Waals surface area contributed by atoms with Gasteiger partial charge in [0, 0.05) is 0 Å². The Morgan fingerprint density at radius 1 is 1.21 bits per heavy atom. The second-order valence-electron chi connectivity index (χ2n) is 3.89. The second kappa shape index (κ2) is 6.83. The highest BCUT2D eigenvalue weighted by Gasteiger charge is 2.39. The number of phosphoric ester groups is 1. The third kappa shape index (κ3) is 4.15. The highest BCUT2D eigenvalue weighted by molar-refractivity contribution is 7.48. The van der Waals surface area contributed by atoms with Gasteiger partial charge in [-0.3, -0.25) is 13.6 Å². The van der Waals surface area contributed by atoms with E-state index in [1.54, 1.807) is 38.1 Å². The first-order valence-corrected chi connectivity index (χ1v) is 7.52. The van der Waals surface area contributed by atoms with E-state index >= 15 is 0 Å². The van der Waals surface area contributed by atoms with Crippen LogP contribution in [0.4, 0.5) is 0 Å². The predicted molar refractivity (Wildman–Crippen MR) is 71.4 cm³/mol. The van der Waals surface area contributed by atoms with Crippen LogP contribution in [0.1, 0.15) is 26.3 Å². The smallest absolute Gasteiger partial charge is 0.287 e. The van der Waals surface area contributed by atoms with Crippen LogP contribution in [0.3, 0.4) is 0 Å². The molecule has 0 saturated heterocycles. The Bertz CT molecular complexity index is 475. The third-order valence-corrected chi connectivity index (χ3v) is 4.14. The van der Waals surface area contributed by atoms with Crippen LogP contribution in [0.15, 0.2) is 30.3 Å². The zero-order chi connectivity index (χ0) is 14.4. The van der Waals surface area contributed by atoms with E-state index in [-0.39, 0.29) is 13.2 Å². The van der Waals surface area contributed by atoms with Gasteiger partial charge in [-0.05, 0) is 26.3 Å². The summed E-state index contributed by atoms with van der Waals surface area (Å²) < 4.78 is 27.8. The lowest BCUT2D eigenvalue weighted by Crippen LogP contribution is -2.23. The standard InChI is InChI=1S/C13H18NO4P/c1-4-16-19(15,17-5-2)18-13(3,11-14)12-9-7-6-8-10-12/h6-10H,4-5H2,1-3H3. The number of hydrogen-bond acceptors (Lipinski definition) is 5. The Morgan fingerprint density at radius 3 is 2.16 bits per heavy atom. The highest BCUT2D eigenvalue weighted by atomic mass is 31.2. The third-order valence-electron chi connectivity index (χ3n) is 2.41. The Balaban J connectivity index is 3.04. The van der Waals surface area contributed by atoms with E-state index in [0.717, 1.165) is 0 Å². The molecule has 1 rings (SSSR count). The number of nitrogens with zero attached hydrogens (tertiary/aromatic N) is 1. The van der Waals surface area contributed by atoms with Crippen LogP contribution >= 0.6 is 7.82 Å². The van der Waals surface area contributed by atoms with Crippen molar-refractivity contribution in [1.82, 2.24) is 0 Å². The molecule has 1 aromatic carbocycles. The van der Waals surface area contributed by atoms with E-state index < -0.39 is 13.4 Å². The summed E-state index contributed by atoms with van der Waals surface area (Å²) in [5.74, 6) is 0. The Kier molecular flexibility index (Phi) is 5.71. The van der Waals surface area contributed by atoms with Crippen LogP contribution in [0.2, 0.25) is 0 Å². The van der Waals surface area contributed by atoms with Gasteiger partial charge in [0.05, 0.1) is 13.2 Å². The number of nitriles is 1. The minimum atomic E-state index is -3.75. The molecule has 0 aliphatic heterocycles. The molecule has 0 aromatic heterocycles. The summed E-state index contributed by atoms with van der Waals surface area (Å²) >= 11 is 0. The van der Waals surface area contributed by atoms with Crippen molar-refractivity contribution in [3.63, 3.8) is 0 Å². The number of phosphoric acid groups is 1. The first-order valence-electron chi connectivity index (χ1n) is 6.06. The summed E-state index contributed by atoms with van der Waals surface area (Å²) in [6.45, 7) is 5.25. The number of benzene rings is 1. The maximum atomic E-state index is 12.3. The molecule has 0 aliphatic carbocycles. The fraction of sp³-hybridized carbons (Fsp3) is 0.462. The average Bonchev–Trinajstić information content (AvgIpc) is 2.40. The molecule has 0 aliphatic rings. The molecule has 5 nitrogen and oxygen atoms in total. The van der Waals surface area contributed by atoms with Gasteiger partial charge in [-0.15, -0.1) is 0 Å². The van der Waals surface area contributed by atoms with Gasteiger partial charge in [0.25, 0.3) is 0 Å². The van der Waals surface area contributed by atoms with Crippen molar-refractivity contribution in [3.05, 3.63) is 35.9 Å². The second-order valence-corrected chi connectivity index (χ2v) is 5.48. The first-order chi connectivity index (χ1) is 8.99.